The molecule has 0 aliphatic rings. The first kappa shape index (κ1) is 12.6. The van der Waals surface area contributed by atoms with Gasteiger partial charge in [-0.3, -0.25) is 5.10 Å². The van der Waals surface area contributed by atoms with Gasteiger partial charge in [-0.05, 0) is 49.4 Å². The molecule has 0 aliphatic carbocycles. The van der Waals surface area contributed by atoms with Crippen LogP contribution in [0.4, 0.5) is 0 Å². The second-order valence-corrected chi connectivity index (χ2v) is 4.43. The monoisotopic (exact) mass is 245 g/mol. The highest BCUT2D eigenvalue weighted by atomic mass is 16.5. The molecule has 0 saturated carbocycles. The Morgan fingerprint density at radius 1 is 1.22 bits per heavy atom. The lowest BCUT2D eigenvalue weighted by Gasteiger charge is -2.07. The number of aromatic nitrogens is 3. The van der Waals surface area contributed by atoms with E-state index < -0.39 is 0 Å². The molecular formula is C14H19N3O. The maximum atomic E-state index is 5.21. The number of hydrogen-bond acceptors (Lipinski definition) is 3. The van der Waals surface area contributed by atoms with Gasteiger partial charge in [0.1, 0.15) is 17.9 Å². The fraction of sp³-hybridized carbons (Fsp3) is 0.429. The molecule has 0 unspecified atom stereocenters. The fourth-order valence-electron chi connectivity index (χ4n) is 2.03. The second-order valence-electron chi connectivity index (χ2n) is 4.43. The highest BCUT2D eigenvalue weighted by molar-refractivity contribution is 5.34. The molecule has 1 aromatic heterocycles. The molecule has 0 amide bonds. The van der Waals surface area contributed by atoms with E-state index in [1.54, 1.807) is 13.4 Å². The number of nitrogens with zero attached hydrogens (tertiary/aromatic N) is 2. The minimum Gasteiger partial charge on any atom is -0.497 e. The molecule has 4 nitrogen and oxygen atoms in total. The van der Waals surface area contributed by atoms with Crippen molar-refractivity contribution >= 4 is 0 Å². The van der Waals surface area contributed by atoms with Crippen molar-refractivity contribution < 1.29 is 4.74 Å². The van der Waals surface area contributed by atoms with E-state index in [2.05, 4.69) is 34.2 Å². The summed E-state index contributed by atoms with van der Waals surface area (Å²) in [6, 6.07) is 6.27. The van der Waals surface area contributed by atoms with Crippen molar-refractivity contribution in [2.45, 2.75) is 32.6 Å². The number of hydrogen-bond donors (Lipinski definition) is 1. The van der Waals surface area contributed by atoms with Crippen molar-refractivity contribution in [2.24, 2.45) is 0 Å². The largest absolute Gasteiger partial charge is 0.497 e. The van der Waals surface area contributed by atoms with Crippen LogP contribution >= 0.6 is 0 Å². The van der Waals surface area contributed by atoms with Crippen LogP contribution in [0.1, 0.15) is 29.8 Å². The van der Waals surface area contributed by atoms with Gasteiger partial charge in [0.15, 0.2) is 0 Å². The van der Waals surface area contributed by atoms with Crippen molar-refractivity contribution in [2.75, 3.05) is 7.11 Å². The summed E-state index contributed by atoms with van der Waals surface area (Å²) in [7, 11) is 1.70. The van der Waals surface area contributed by atoms with E-state index in [-0.39, 0.29) is 0 Å². The average Bonchev–Trinajstić information content (AvgIpc) is 2.89. The zero-order chi connectivity index (χ0) is 12.8. The van der Waals surface area contributed by atoms with E-state index in [4.69, 9.17) is 4.74 Å². The number of aromatic amines is 1. The number of unbranched alkanes of at least 4 members (excludes halogenated alkanes) is 1. The summed E-state index contributed by atoms with van der Waals surface area (Å²) < 4.78 is 5.21. The summed E-state index contributed by atoms with van der Waals surface area (Å²) in [5.41, 5.74) is 2.70. The van der Waals surface area contributed by atoms with Crippen LogP contribution in [0.3, 0.4) is 0 Å². The number of nitrogens with one attached hydrogen (secondary N) is 1. The molecule has 0 spiro atoms. The second kappa shape index (κ2) is 6.19. The summed E-state index contributed by atoms with van der Waals surface area (Å²) in [4.78, 5) is 4.12. The van der Waals surface area contributed by atoms with Gasteiger partial charge in [0, 0.05) is 6.42 Å². The quantitative estimate of drug-likeness (QED) is 0.796. The molecule has 0 saturated heterocycles. The van der Waals surface area contributed by atoms with Crippen molar-refractivity contribution in [3.8, 4) is 5.75 Å². The highest BCUT2D eigenvalue weighted by Gasteiger charge is 2.01. The number of ether oxygens (including phenoxy) is 1. The van der Waals surface area contributed by atoms with Crippen LogP contribution in [0.25, 0.3) is 0 Å². The lowest BCUT2D eigenvalue weighted by molar-refractivity contribution is 0.414. The fourth-order valence-corrected chi connectivity index (χ4v) is 2.03. The molecule has 0 fully saturated rings. The molecule has 96 valence electrons. The van der Waals surface area contributed by atoms with Gasteiger partial charge >= 0.3 is 0 Å². The summed E-state index contributed by atoms with van der Waals surface area (Å²) >= 11 is 0. The minimum atomic E-state index is 0.929. The Bertz CT molecular complexity index is 480. The zero-order valence-electron chi connectivity index (χ0n) is 10.9. The molecule has 1 aromatic carbocycles. The van der Waals surface area contributed by atoms with Crippen LogP contribution in [0.15, 0.2) is 24.5 Å². The molecule has 0 radical (unpaired) electrons. The van der Waals surface area contributed by atoms with Gasteiger partial charge in [0.05, 0.1) is 7.11 Å². The van der Waals surface area contributed by atoms with Gasteiger partial charge in [-0.25, -0.2) is 4.98 Å². The molecule has 4 heteroatoms. The van der Waals surface area contributed by atoms with Gasteiger partial charge in [-0.1, -0.05) is 6.07 Å². The van der Waals surface area contributed by atoms with E-state index in [0.717, 1.165) is 37.3 Å². The van der Waals surface area contributed by atoms with E-state index >= 15 is 0 Å². The number of benzene rings is 1. The van der Waals surface area contributed by atoms with Crippen LogP contribution in [0.2, 0.25) is 0 Å². The number of H-pyrrole nitrogens is 1. The van der Waals surface area contributed by atoms with Crippen molar-refractivity contribution in [1.29, 1.82) is 0 Å². The lowest BCUT2D eigenvalue weighted by Crippen LogP contribution is -1.94. The number of aryl methyl sites for hydroxylation is 3. The molecular weight excluding hydrogens is 226 g/mol. The standard InChI is InChI=1S/C14H19N3O/c1-11-9-13(18-2)8-7-12(11)5-3-4-6-14-15-10-16-17-14/h7-10H,3-6H2,1-2H3,(H,15,16,17). The third-order valence-electron chi connectivity index (χ3n) is 3.12. The molecule has 1 N–H and O–H groups in total. The van der Waals surface area contributed by atoms with Crippen molar-refractivity contribution in [3.05, 3.63) is 41.5 Å². The Morgan fingerprint density at radius 2 is 2.06 bits per heavy atom. The Morgan fingerprint density at radius 3 is 2.72 bits per heavy atom. The van der Waals surface area contributed by atoms with Crippen LogP contribution in [0.5, 0.6) is 5.75 Å². The number of rotatable bonds is 6. The Labute approximate surface area is 107 Å². The third-order valence-corrected chi connectivity index (χ3v) is 3.12. The first-order valence-electron chi connectivity index (χ1n) is 6.27. The Hall–Kier alpha value is -1.84. The first-order chi connectivity index (χ1) is 8.79. The van der Waals surface area contributed by atoms with Gasteiger partial charge < -0.3 is 4.74 Å². The molecule has 1 heterocycles. The highest BCUT2D eigenvalue weighted by Crippen LogP contribution is 2.18. The molecule has 18 heavy (non-hydrogen) atoms. The van der Waals surface area contributed by atoms with Gasteiger partial charge in [-0.15, -0.1) is 0 Å². The lowest BCUT2D eigenvalue weighted by atomic mass is 10.0. The molecule has 0 bridgehead atoms. The summed E-state index contributed by atoms with van der Waals surface area (Å²) in [6.45, 7) is 2.13. The van der Waals surface area contributed by atoms with E-state index in [1.165, 1.54) is 11.1 Å². The Balaban J connectivity index is 1.79. The topological polar surface area (TPSA) is 50.8 Å². The third kappa shape index (κ3) is 3.32. The summed E-state index contributed by atoms with van der Waals surface area (Å²) in [6.07, 6.45) is 5.91. The number of methoxy groups -OCH3 is 1. The van der Waals surface area contributed by atoms with Crippen LogP contribution in [-0.2, 0) is 12.8 Å². The maximum absolute atomic E-state index is 5.21. The van der Waals surface area contributed by atoms with Crippen LogP contribution in [0, 0.1) is 6.92 Å². The molecule has 0 atom stereocenters. The van der Waals surface area contributed by atoms with Crippen LogP contribution in [-0.4, -0.2) is 22.3 Å². The molecule has 0 aliphatic heterocycles. The van der Waals surface area contributed by atoms with E-state index in [0.29, 0.717) is 0 Å². The van der Waals surface area contributed by atoms with Gasteiger partial charge in [0.2, 0.25) is 0 Å². The average molecular weight is 245 g/mol. The van der Waals surface area contributed by atoms with E-state index in [1.807, 2.05) is 6.07 Å². The van der Waals surface area contributed by atoms with Crippen LogP contribution < -0.4 is 4.74 Å². The smallest absolute Gasteiger partial charge is 0.137 e. The predicted octanol–water partition coefficient (Wildman–Crippen LogP) is 2.69. The Kier molecular flexibility index (Phi) is 4.34. The molecule has 2 rings (SSSR count). The predicted molar refractivity (Wildman–Crippen MR) is 70.8 cm³/mol. The molecule has 2 aromatic rings. The first-order valence-corrected chi connectivity index (χ1v) is 6.27. The summed E-state index contributed by atoms with van der Waals surface area (Å²) in [5.74, 6) is 1.90. The SMILES string of the molecule is COc1ccc(CCCCc2ncn[nH]2)c(C)c1. The van der Waals surface area contributed by atoms with Gasteiger partial charge in [-0.2, -0.15) is 5.10 Å². The summed E-state index contributed by atoms with van der Waals surface area (Å²) in [5, 5.41) is 6.73. The van der Waals surface area contributed by atoms with E-state index in [9.17, 15) is 0 Å². The maximum Gasteiger partial charge on any atom is 0.137 e. The zero-order valence-corrected chi connectivity index (χ0v) is 10.9. The normalized spacial score (nSPS) is 10.6. The van der Waals surface area contributed by atoms with Crippen molar-refractivity contribution in [1.82, 2.24) is 15.2 Å². The minimum absolute atomic E-state index is 0.929. The van der Waals surface area contributed by atoms with Crippen molar-refractivity contribution in [3.63, 3.8) is 0 Å². The van der Waals surface area contributed by atoms with Gasteiger partial charge in [0.25, 0.3) is 0 Å².